The second-order valence-corrected chi connectivity index (χ2v) is 4.38. The molecule has 0 saturated carbocycles. The molecule has 0 amide bonds. The van der Waals surface area contributed by atoms with E-state index in [4.69, 9.17) is 0 Å². The summed E-state index contributed by atoms with van der Waals surface area (Å²) in [5.74, 6) is 1.48. The lowest BCUT2D eigenvalue weighted by atomic mass is 9.86. The standard InChI is InChI=1S/C11H22N2O/c1-5-10-9(6-12-3)7-13(4)11(10)8(2)14/h9-12H,5-7H2,1-4H3. The molecular formula is C11H22N2O. The molecule has 3 heteroatoms. The van der Waals surface area contributed by atoms with E-state index in [1.807, 2.05) is 7.05 Å². The van der Waals surface area contributed by atoms with Crippen molar-refractivity contribution in [3.63, 3.8) is 0 Å². The van der Waals surface area contributed by atoms with Crippen molar-refractivity contribution in [3.8, 4) is 0 Å². The Bertz CT molecular complexity index is 205. The fourth-order valence-electron chi connectivity index (χ4n) is 2.85. The number of likely N-dealkylation sites (tertiary alicyclic amines) is 1. The summed E-state index contributed by atoms with van der Waals surface area (Å²) in [6, 6.07) is 0.151. The van der Waals surface area contributed by atoms with Crippen molar-refractivity contribution in [2.24, 2.45) is 11.8 Å². The number of hydrogen-bond donors (Lipinski definition) is 1. The fourth-order valence-corrected chi connectivity index (χ4v) is 2.85. The Balaban J connectivity index is 2.71. The van der Waals surface area contributed by atoms with Crippen molar-refractivity contribution in [2.75, 3.05) is 27.2 Å². The minimum Gasteiger partial charge on any atom is -0.319 e. The maximum atomic E-state index is 11.5. The summed E-state index contributed by atoms with van der Waals surface area (Å²) in [4.78, 5) is 13.7. The molecule has 1 N–H and O–H groups in total. The minimum atomic E-state index is 0.151. The van der Waals surface area contributed by atoms with Gasteiger partial charge in [0, 0.05) is 6.54 Å². The van der Waals surface area contributed by atoms with Crippen molar-refractivity contribution in [1.29, 1.82) is 0 Å². The molecule has 1 saturated heterocycles. The van der Waals surface area contributed by atoms with Crippen LogP contribution < -0.4 is 5.32 Å². The first kappa shape index (κ1) is 11.7. The van der Waals surface area contributed by atoms with E-state index >= 15 is 0 Å². The Kier molecular flexibility index (Phi) is 4.08. The molecule has 14 heavy (non-hydrogen) atoms. The molecule has 0 aromatic rings. The quantitative estimate of drug-likeness (QED) is 0.723. The zero-order valence-corrected chi connectivity index (χ0v) is 9.71. The van der Waals surface area contributed by atoms with Crippen molar-refractivity contribution >= 4 is 5.78 Å². The highest BCUT2D eigenvalue weighted by Gasteiger charge is 2.40. The van der Waals surface area contributed by atoms with Gasteiger partial charge in [-0.25, -0.2) is 0 Å². The Morgan fingerprint density at radius 3 is 2.64 bits per heavy atom. The lowest BCUT2D eigenvalue weighted by molar-refractivity contribution is -0.122. The molecule has 3 atom stereocenters. The summed E-state index contributed by atoms with van der Waals surface area (Å²) in [5, 5.41) is 3.22. The van der Waals surface area contributed by atoms with Gasteiger partial charge in [-0.05, 0) is 39.4 Å². The number of hydrogen-bond acceptors (Lipinski definition) is 3. The van der Waals surface area contributed by atoms with E-state index in [9.17, 15) is 4.79 Å². The van der Waals surface area contributed by atoms with Gasteiger partial charge in [-0.3, -0.25) is 9.69 Å². The number of carbonyl (C=O) groups excluding carboxylic acids is 1. The van der Waals surface area contributed by atoms with Gasteiger partial charge in [-0.2, -0.15) is 0 Å². The Morgan fingerprint density at radius 2 is 2.21 bits per heavy atom. The van der Waals surface area contributed by atoms with Gasteiger partial charge in [-0.1, -0.05) is 13.3 Å². The molecule has 3 unspecified atom stereocenters. The lowest BCUT2D eigenvalue weighted by Gasteiger charge is -2.22. The second kappa shape index (κ2) is 4.89. The Hall–Kier alpha value is -0.410. The molecule has 0 bridgehead atoms. The van der Waals surface area contributed by atoms with Gasteiger partial charge in [0.25, 0.3) is 0 Å². The molecule has 0 aromatic heterocycles. The van der Waals surface area contributed by atoms with Gasteiger partial charge in [0.15, 0.2) is 0 Å². The summed E-state index contributed by atoms with van der Waals surface area (Å²) >= 11 is 0. The SMILES string of the molecule is CCC1C(CNC)CN(C)C1C(C)=O. The average Bonchev–Trinajstić information content (AvgIpc) is 2.42. The van der Waals surface area contributed by atoms with E-state index in [-0.39, 0.29) is 6.04 Å². The van der Waals surface area contributed by atoms with Crippen LogP contribution in [0.15, 0.2) is 0 Å². The summed E-state index contributed by atoms with van der Waals surface area (Å²) in [6.07, 6.45) is 1.10. The molecular weight excluding hydrogens is 176 g/mol. The lowest BCUT2D eigenvalue weighted by Crippen LogP contribution is -2.36. The first-order valence-corrected chi connectivity index (χ1v) is 5.47. The number of nitrogens with zero attached hydrogens (tertiary/aromatic N) is 1. The number of rotatable bonds is 4. The molecule has 1 aliphatic heterocycles. The third-order valence-electron chi connectivity index (χ3n) is 3.36. The summed E-state index contributed by atoms with van der Waals surface area (Å²) in [5.41, 5.74) is 0. The minimum absolute atomic E-state index is 0.151. The molecule has 0 aliphatic carbocycles. The van der Waals surface area contributed by atoms with Crippen LogP contribution in [0.1, 0.15) is 20.3 Å². The van der Waals surface area contributed by atoms with E-state index in [0.717, 1.165) is 19.5 Å². The van der Waals surface area contributed by atoms with E-state index in [1.54, 1.807) is 6.92 Å². The highest BCUT2D eigenvalue weighted by Crippen LogP contribution is 2.31. The fraction of sp³-hybridized carbons (Fsp3) is 0.909. The molecule has 0 spiro atoms. The van der Waals surface area contributed by atoms with E-state index in [1.165, 1.54) is 0 Å². The third-order valence-corrected chi connectivity index (χ3v) is 3.36. The zero-order chi connectivity index (χ0) is 10.7. The number of likely N-dealkylation sites (N-methyl/N-ethyl adjacent to an activating group) is 1. The van der Waals surface area contributed by atoms with Crippen LogP contribution in [0.3, 0.4) is 0 Å². The van der Waals surface area contributed by atoms with Crippen molar-refractivity contribution in [3.05, 3.63) is 0 Å². The van der Waals surface area contributed by atoms with E-state index in [2.05, 4.69) is 24.2 Å². The van der Waals surface area contributed by atoms with Crippen molar-refractivity contribution in [2.45, 2.75) is 26.3 Å². The van der Waals surface area contributed by atoms with Gasteiger partial charge < -0.3 is 5.32 Å². The van der Waals surface area contributed by atoms with Gasteiger partial charge in [0.05, 0.1) is 6.04 Å². The number of nitrogens with one attached hydrogen (secondary N) is 1. The van der Waals surface area contributed by atoms with Crippen LogP contribution in [0.25, 0.3) is 0 Å². The van der Waals surface area contributed by atoms with Crippen LogP contribution in [0.2, 0.25) is 0 Å². The topological polar surface area (TPSA) is 32.3 Å². The van der Waals surface area contributed by atoms with Crippen molar-refractivity contribution in [1.82, 2.24) is 10.2 Å². The predicted octanol–water partition coefficient (Wildman–Crippen LogP) is 0.751. The molecule has 0 aromatic carbocycles. The normalized spacial score (nSPS) is 33.6. The first-order valence-electron chi connectivity index (χ1n) is 5.47. The van der Waals surface area contributed by atoms with Crippen LogP contribution in [-0.2, 0) is 4.79 Å². The maximum absolute atomic E-state index is 11.5. The average molecular weight is 198 g/mol. The van der Waals surface area contributed by atoms with Crippen LogP contribution in [0.5, 0.6) is 0 Å². The predicted molar refractivity (Wildman–Crippen MR) is 58.3 cm³/mol. The van der Waals surface area contributed by atoms with Crippen LogP contribution >= 0.6 is 0 Å². The summed E-state index contributed by atoms with van der Waals surface area (Å²) in [7, 11) is 4.04. The van der Waals surface area contributed by atoms with Gasteiger partial charge in [0.2, 0.25) is 0 Å². The van der Waals surface area contributed by atoms with Gasteiger partial charge >= 0.3 is 0 Å². The smallest absolute Gasteiger partial charge is 0.147 e. The zero-order valence-electron chi connectivity index (χ0n) is 9.71. The Morgan fingerprint density at radius 1 is 1.57 bits per heavy atom. The largest absolute Gasteiger partial charge is 0.319 e. The highest BCUT2D eigenvalue weighted by molar-refractivity contribution is 5.82. The maximum Gasteiger partial charge on any atom is 0.147 e. The number of ketones is 1. The van der Waals surface area contributed by atoms with Gasteiger partial charge in [-0.15, -0.1) is 0 Å². The summed E-state index contributed by atoms with van der Waals surface area (Å²) < 4.78 is 0. The van der Waals surface area contributed by atoms with Crippen molar-refractivity contribution < 1.29 is 4.79 Å². The summed E-state index contributed by atoms with van der Waals surface area (Å²) in [6.45, 7) is 5.96. The number of carbonyl (C=O) groups is 1. The molecule has 1 fully saturated rings. The van der Waals surface area contributed by atoms with Crippen LogP contribution in [0, 0.1) is 11.8 Å². The number of Topliss-reactive ketones (excluding diaryl/α,β-unsaturated/α-hetero) is 1. The van der Waals surface area contributed by atoms with Crippen LogP contribution in [0.4, 0.5) is 0 Å². The molecule has 1 aliphatic rings. The second-order valence-electron chi connectivity index (χ2n) is 4.38. The molecule has 1 rings (SSSR count). The first-order chi connectivity index (χ1) is 6.61. The Labute approximate surface area is 86.9 Å². The van der Waals surface area contributed by atoms with E-state index < -0.39 is 0 Å². The monoisotopic (exact) mass is 198 g/mol. The third kappa shape index (κ3) is 2.15. The van der Waals surface area contributed by atoms with Gasteiger partial charge in [0.1, 0.15) is 5.78 Å². The van der Waals surface area contributed by atoms with E-state index in [0.29, 0.717) is 17.6 Å². The molecule has 0 radical (unpaired) electrons. The highest BCUT2D eigenvalue weighted by atomic mass is 16.1. The molecule has 82 valence electrons. The van der Waals surface area contributed by atoms with Crippen LogP contribution in [-0.4, -0.2) is 43.9 Å². The molecule has 1 heterocycles. The molecule has 3 nitrogen and oxygen atoms in total.